The topological polar surface area (TPSA) is 49.7 Å². The van der Waals surface area contributed by atoms with Gasteiger partial charge in [0.15, 0.2) is 11.5 Å². The number of ether oxygens (including phenoxy) is 1. The van der Waals surface area contributed by atoms with Crippen LogP contribution in [-0.2, 0) is 0 Å². The van der Waals surface area contributed by atoms with Crippen LogP contribution >= 0.6 is 15.9 Å². The SMILES string of the molecule is COc1ccc([C@H](C)O)c(Br)c1O. The molecule has 0 aliphatic rings. The summed E-state index contributed by atoms with van der Waals surface area (Å²) in [6, 6.07) is 3.31. The highest BCUT2D eigenvalue weighted by Crippen LogP contribution is 2.38. The Labute approximate surface area is 85.1 Å². The fourth-order valence-electron chi connectivity index (χ4n) is 1.05. The van der Waals surface area contributed by atoms with Gasteiger partial charge in [-0.25, -0.2) is 0 Å². The number of benzene rings is 1. The third kappa shape index (κ3) is 1.95. The summed E-state index contributed by atoms with van der Waals surface area (Å²) in [7, 11) is 1.48. The first kappa shape index (κ1) is 10.3. The lowest BCUT2D eigenvalue weighted by Gasteiger charge is -2.11. The summed E-state index contributed by atoms with van der Waals surface area (Å²) in [5, 5.41) is 18.9. The Hall–Kier alpha value is -0.740. The number of aliphatic hydroxyl groups excluding tert-OH is 1. The Morgan fingerprint density at radius 3 is 2.54 bits per heavy atom. The van der Waals surface area contributed by atoms with E-state index in [1.54, 1.807) is 19.1 Å². The second-order valence-corrected chi connectivity index (χ2v) is 3.49. The molecule has 0 heterocycles. The van der Waals surface area contributed by atoms with E-state index in [-0.39, 0.29) is 5.75 Å². The highest BCUT2D eigenvalue weighted by Gasteiger charge is 2.13. The quantitative estimate of drug-likeness (QED) is 0.842. The molecule has 2 N–H and O–H groups in total. The van der Waals surface area contributed by atoms with Crippen molar-refractivity contribution in [2.45, 2.75) is 13.0 Å². The lowest BCUT2D eigenvalue weighted by Crippen LogP contribution is -1.94. The third-order valence-electron chi connectivity index (χ3n) is 1.78. The molecule has 0 aromatic heterocycles. The normalized spacial score (nSPS) is 12.6. The van der Waals surface area contributed by atoms with Gasteiger partial charge >= 0.3 is 0 Å². The van der Waals surface area contributed by atoms with E-state index in [0.717, 1.165) is 0 Å². The molecule has 0 spiro atoms. The molecule has 0 amide bonds. The molecular weight excluding hydrogens is 236 g/mol. The van der Waals surface area contributed by atoms with Gasteiger partial charge in [0, 0.05) is 0 Å². The lowest BCUT2D eigenvalue weighted by atomic mass is 10.1. The molecule has 0 radical (unpaired) electrons. The number of aromatic hydroxyl groups is 1. The third-order valence-corrected chi connectivity index (χ3v) is 2.61. The van der Waals surface area contributed by atoms with Crippen LogP contribution in [-0.4, -0.2) is 17.3 Å². The number of hydrogen-bond donors (Lipinski definition) is 2. The number of rotatable bonds is 2. The Morgan fingerprint density at radius 2 is 2.08 bits per heavy atom. The van der Waals surface area contributed by atoms with Crippen LogP contribution in [0.2, 0.25) is 0 Å². The summed E-state index contributed by atoms with van der Waals surface area (Å²) in [4.78, 5) is 0. The number of phenolic OH excluding ortho intramolecular Hbond substituents is 1. The largest absolute Gasteiger partial charge is 0.503 e. The standard InChI is InChI=1S/C9H11BrO3/c1-5(11)6-3-4-7(13-2)9(12)8(6)10/h3-5,11-12H,1-2H3/t5-/m0/s1. The van der Waals surface area contributed by atoms with Crippen LogP contribution in [0.15, 0.2) is 16.6 Å². The monoisotopic (exact) mass is 246 g/mol. The van der Waals surface area contributed by atoms with Crippen molar-refractivity contribution in [3.63, 3.8) is 0 Å². The molecule has 72 valence electrons. The average Bonchev–Trinajstić information content (AvgIpc) is 2.09. The van der Waals surface area contributed by atoms with Crippen molar-refractivity contribution >= 4 is 15.9 Å². The number of halogens is 1. The van der Waals surface area contributed by atoms with Crippen molar-refractivity contribution in [1.82, 2.24) is 0 Å². The summed E-state index contributed by atoms with van der Waals surface area (Å²) < 4.78 is 5.37. The van der Waals surface area contributed by atoms with E-state index >= 15 is 0 Å². The van der Waals surface area contributed by atoms with Crippen LogP contribution in [0.5, 0.6) is 11.5 Å². The molecule has 0 aliphatic carbocycles. The van der Waals surface area contributed by atoms with Crippen molar-refractivity contribution in [3.05, 3.63) is 22.2 Å². The van der Waals surface area contributed by atoms with E-state index in [1.165, 1.54) is 7.11 Å². The number of methoxy groups -OCH3 is 1. The maximum absolute atomic E-state index is 9.54. The van der Waals surface area contributed by atoms with E-state index in [4.69, 9.17) is 4.74 Å². The molecule has 4 heteroatoms. The molecule has 0 unspecified atom stereocenters. The van der Waals surface area contributed by atoms with Crippen molar-refractivity contribution in [3.8, 4) is 11.5 Å². The van der Waals surface area contributed by atoms with E-state index in [0.29, 0.717) is 15.8 Å². The minimum absolute atomic E-state index is 0.0147. The van der Waals surface area contributed by atoms with Gasteiger partial charge in [0.25, 0.3) is 0 Å². The zero-order valence-corrected chi connectivity index (χ0v) is 9.00. The number of hydrogen-bond acceptors (Lipinski definition) is 3. The zero-order chi connectivity index (χ0) is 10.0. The van der Waals surface area contributed by atoms with E-state index in [2.05, 4.69) is 15.9 Å². The van der Waals surface area contributed by atoms with Gasteiger partial charge in [0.1, 0.15) is 0 Å². The molecule has 0 aliphatic heterocycles. The maximum Gasteiger partial charge on any atom is 0.172 e. The van der Waals surface area contributed by atoms with Crippen LogP contribution in [0.4, 0.5) is 0 Å². The van der Waals surface area contributed by atoms with Crippen LogP contribution in [0, 0.1) is 0 Å². The summed E-state index contributed by atoms with van der Waals surface area (Å²) in [5.41, 5.74) is 0.637. The van der Waals surface area contributed by atoms with Crippen LogP contribution in [0.1, 0.15) is 18.6 Å². The molecule has 3 nitrogen and oxygen atoms in total. The minimum atomic E-state index is -0.619. The summed E-state index contributed by atoms with van der Waals surface area (Å²) in [6.07, 6.45) is -0.619. The van der Waals surface area contributed by atoms with Crippen molar-refractivity contribution < 1.29 is 14.9 Å². The minimum Gasteiger partial charge on any atom is -0.503 e. The van der Waals surface area contributed by atoms with Gasteiger partial charge in [-0.3, -0.25) is 0 Å². The van der Waals surface area contributed by atoms with Crippen molar-refractivity contribution in [2.24, 2.45) is 0 Å². The number of aliphatic hydroxyl groups is 1. The van der Waals surface area contributed by atoms with Gasteiger partial charge in [-0.15, -0.1) is 0 Å². The second-order valence-electron chi connectivity index (χ2n) is 2.70. The molecule has 0 fully saturated rings. The van der Waals surface area contributed by atoms with Gasteiger partial charge in [-0.05, 0) is 34.5 Å². The molecular formula is C9H11BrO3. The van der Waals surface area contributed by atoms with Crippen molar-refractivity contribution in [1.29, 1.82) is 0 Å². The van der Waals surface area contributed by atoms with Crippen LogP contribution in [0.3, 0.4) is 0 Å². The first-order valence-electron chi connectivity index (χ1n) is 3.81. The molecule has 1 aromatic carbocycles. The molecule has 1 aromatic rings. The van der Waals surface area contributed by atoms with Gasteiger partial charge in [-0.1, -0.05) is 6.07 Å². The van der Waals surface area contributed by atoms with Crippen LogP contribution in [0.25, 0.3) is 0 Å². The molecule has 0 saturated carbocycles. The van der Waals surface area contributed by atoms with E-state index in [9.17, 15) is 10.2 Å². The first-order chi connectivity index (χ1) is 6.07. The predicted octanol–water partition coefficient (Wildman–Crippen LogP) is 2.22. The summed E-state index contributed by atoms with van der Waals surface area (Å²) in [6.45, 7) is 1.63. The van der Waals surface area contributed by atoms with Gasteiger partial charge in [0.2, 0.25) is 0 Å². The molecule has 1 rings (SSSR count). The fraction of sp³-hybridized carbons (Fsp3) is 0.333. The van der Waals surface area contributed by atoms with E-state index < -0.39 is 6.10 Å². The summed E-state index contributed by atoms with van der Waals surface area (Å²) in [5.74, 6) is 0.400. The van der Waals surface area contributed by atoms with Crippen molar-refractivity contribution in [2.75, 3.05) is 7.11 Å². The maximum atomic E-state index is 9.54. The Bertz CT molecular complexity index is 310. The highest BCUT2D eigenvalue weighted by atomic mass is 79.9. The smallest absolute Gasteiger partial charge is 0.172 e. The average molecular weight is 247 g/mol. The number of phenols is 1. The Morgan fingerprint density at radius 1 is 1.46 bits per heavy atom. The fourth-order valence-corrected chi connectivity index (χ4v) is 1.71. The van der Waals surface area contributed by atoms with Gasteiger partial charge < -0.3 is 14.9 Å². The predicted molar refractivity (Wildman–Crippen MR) is 53.0 cm³/mol. The van der Waals surface area contributed by atoms with Crippen LogP contribution < -0.4 is 4.74 Å². The molecule has 0 saturated heterocycles. The second kappa shape index (κ2) is 3.98. The highest BCUT2D eigenvalue weighted by molar-refractivity contribution is 9.10. The van der Waals surface area contributed by atoms with Gasteiger partial charge in [-0.2, -0.15) is 0 Å². The lowest BCUT2D eigenvalue weighted by molar-refractivity contribution is 0.197. The summed E-state index contributed by atoms with van der Waals surface area (Å²) >= 11 is 3.18. The molecule has 0 bridgehead atoms. The molecule has 13 heavy (non-hydrogen) atoms. The zero-order valence-electron chi connectivity index (χ0n) is 7.41. The first-order valence-corrected chi connectivity index (χ1v) is 4.60. The van der Waals surface area contributed by atoms with Gasteiger partial charge in [0.05, 0.1) is 17.7 Å². The Balaban J connectivity index is 3.23. The van der Waals surface area contributed by atoms with E-state index in [1.807, 2.05) is 0 Å². The Kier molecular flexibility index (Phi) is 3.17. The molecule has 1 atom stereocenters.